The fourth-order valence-corrected chi connectivity index (χ4v) is 2.23. The van der Waals surface area contributed by atoms with E-state index in [9.17, 15) is 4.79 Å². The van der Waals surface area contributed by atoms with Crippen LogP contribution in [0.25, 0.3) is 0 Å². The first-order valence-corrected chi connectivity index (χ1v) is 7.48. The molecule has 0 saturated carbocycles. The van der Waals surface area contributed by atoms with Gasteiger partial charge in [0.2, 0.25) is 5.91 Å². The summed E-state index contributed by atoms with van der Waals surface area (Å²) >= 11 is 0. The van der Waals surface area contributed by atoms with Crippen molar-refractivity contribution in [2.24, 2.45) is 5.92 Å². The van der Waals surface area contributed by atoms with Crippen LogP contribution < -0.4 is 5.32 Å². The molecule has 4 heteroatoms. The molecule has 0 aliphatic carbocycles. The lowest BCUT2D eigenvalue weighted by Crippen LogP contribution is -2.31. The second-order valence-electron chi connectivity index (χ2n) is 5.20. The monoisotopic (exact) mass is 289 g/mol. The summed E-state index contributed by atoms with van der Waals surface area (Å²) in [6.07, 6.45) is 5.36. The molecule has 0 unspecified atom stereocenters. The van der Waals surface area contributed by atoms with Gasteiger partial charge in [0.25, 0.3) is 0 Å². The van der Waals surface area contributed by atoms with Crippen molar-refractivity contribution in [3.8, 4) is 0 Å². The van der Waals surface area contributed by atoms with Crippen molar-refractivity contribution in [3.05, 3.63) is 48.0 Å². The number of benzene rings is 1. The van der Waals surface area contributed by atoms with Crippen LogP contribution in [0, 0.1) is 5.92 Å². The van der Waals surface area contributed by atoms with Crippen LogP contribution >= 0.6 is 0 Å². The molecule has 21 heavy (non-hydrogen) atoms. The lowest BCUT2D eigenvalue weighted by atomic mass is 10.0. The smallest absolute Gasteiger partial charge is 0.243 e. The summed E-state index contributed by atoms with van der Waals surface area (Å²) in [5.74, 6) is 0.496. The number of hydrogen-bond acceptors (Lipinski definition) is 3. The topological polar surface area (TPSA) is 47.6 Å². The van der Waals surface area contributed by atoms with E-state index in [1.807, 2.05) is 30.3 Å². The van der Waals surface area contributed by atoms with E-state index in [1.165, 1.54) is 0 Å². The Morgan fingerprint density at radius 2 is 2.05 bits per heavy atom. The fraction of sp³-hybridized carbons (Fsp3) is 0.471. The van der Waals surface area contributed by atoms with Gasteiger partial charge >= 0.3 is 0 Å². The van der Waals surface area contributed by atoms with Gasteiger partial charge < -0.3 is 14.8 Å². The van der Waals surface area contributed by atoms with E-state index in [1.54, 1.807) is 12.2 Å². The first-order chi connectivity index (χ1) is 10.3. The predicted octanol–water partition coefficient (Wildman–Crippen LogP) is 2.30. The molecule has 0 atom stereocenters. The van der Waals surface area contributed by atoms with Gasteiger partial charge in [-0.1, -0.05) is 36.4 Å². The standard InChI is InChI=1S/C17H23NO3/c19-17(18-13-15-8-11-20-12-9-15)7-4-10-21-14-16-5-2-1-3-6-16/h1-7,15H,8-14H2,(H,18,19)/b7-4+. The third-order valence-electron chi connectivity index (χ3n) is 3.50. The average molecular weight is 289 g/mol. The minimum atomic E-state index is -0.0511. The molecule has 0 spiro atoms. The minimum Gasteiger partial charge on any atom is -0.381 e. The highest BCUT2D eigenvalue weighted by molar-refractivity contribution is 5.87. The molecule has 1 aromatic rings. The Morgan fingerprint density at radius 1 is 1.29 bits per heavy atom. The van der Waals surface area contributed by atoms with Gasteiger partial charge in [-0.25, -0.2) is 0 Å². The molecule has 1 aliphatic heterocycles. The molecule has 114 valence electrons. The van der Waals surface area contributed by atoms with Crippen LogP contribution in [-0.2, 0) is 20.9 Å². The molecule has 1 heterocycles. The molecule has 4 nitrogen and oxygen atoms in total. The highest BCUT2D eigenvalue weighted by atomic mass is 16.5. The van der Waals surface area contributed by atoms with E-state index in [0.29, 0.717) is 19.1 Å². The first-order valence-electron chi connectivity index (χ1n) is 7.48. The molecule has 1 saturated heterocycles. The van der Waals surface area contributed by atoms with Crippen molar-refractivity contribution in [1.82, 2.24) is 5.32 Å². The number of carbonyl (C=O) groups excluding carboxylic acids is 1. The Hall–Kier alpha value is -1.65. The van der Waals surface area contributed by atoms with Gasteiger partial charge in [-0.05, 0) is 24.3 Å². The third-order valence-corrected chi connectivity index (χ3v) is 3.50. The molecule has 0 aromatic heterocycles. The Labute approximate surface area is 126 Å². The Morgan fingerprint density at radius 3 is 2.81 bits per heavy atom. The maximum absolute atomic E-state index is 11.6. The largest absolute Gasteiger partial charge is 0.381 e. The number of amides is 1. The van der Waals surface area contributed by atoms with Crippen LogP contribution in [0.1, 0.15) is 18.4 Å². The van der Waals surface area contributed by atoms with Gasteiger partial charge in [0, 0.05) is 25.8 Å². The maximum Gasteiger partial charge on any atom is 0.243 e. The molecule has 1 aromatic carbocycles. The predicted molar refractivity (Wildman–Crippen MR) is 81.8 cm³/mol. The third kappa shape index (κ3) is 6.56. The maximum atomic E-state index is 11.6. The van der Waals surface area contributed by atoms with Crippen molar-refractivity contribution in [2.45, 2.75) is 19.4 Å². The minimum absolute atomic E-state index is 0.0511. The van der Waals surface area contributed by atoms with Crippen LogP contribution in [0.15, 0.2) is 42.5 Å². The SMILES string of the molecule is O=C(/C=C/COCc1ccccc1)NCC1CCOCC1. The Bertz CT molecular complexity index is 439. The van der Waals surface area contributed by atoms with E-state index in [0.717, 1.165) is 38.2 Å². The quantitative estimate of drug-likeness (QED) is 0.619. The molecule has 1 amide bonds. The van der Waals surface area contributed by atoms with Gasteiger partial charge in [0.1, 0.15) is 0 Å². The second kappa shape index (κ2) is 9.32. The summed E-state index contributed by atoms with van der Waals surface area (Å²) in [4.78, 5) is 11.6. The molecule has 2 rings (SSSR count). The molecular weight excluding hydrogens is 266 g/mol. The molecule has 0 bridgehead atoms. The molecule has 1 fully saturated rings. The second-order valence-corrected chi connectivity index (χ2v) is 5.20. The first kappa shape index (κ1) is 15.7. The zero-order chi connectivity index (χ0) is 14.8. The van der Waals surface area contributed by atoms with Crippen molar-refractivity contribution in [3.63, 3.8) is 0 Å². The van der Waals surface area contributed by atoms with Crippen molar-refractivity contribution in [1.29, 1.82) is 0 Å². The molecular formula is C17H23NO3. The number of nitrogens with one attached hydrogen (secondary N) is 1. The summed E-state index contributed by atoms with van der Waals surface area (Å²) in [5.41, 5.74) is 1.13. The zero-order valence-electron chi connectivity index (χ0n) is 12.3. The molecule has 1 N–H and O–H groups in total. The number of hydrogen-bond donors (Lipinski definition) is 1. The van der Waals surface area contributed by atoms with Crippen LogP contribution in [0.3, 0.4) is 0 Å². The lowest BCUT2D eigenvalue weighted by molar-refractivity contribution is -0.116. The van der Waals surface area contributed by atoms with Gasteiger partial charge in [0.05, 0.1) is 13.2 Å². The van der Waals surface area contributed by atoms with E-state index in [4.69, 9.17) is 9.47 Å². The van der Waals surface area contributed by atoms with Crippen LogP contribution in [0.4, 0.5) is 0 Å². The molecule has 0 radical (unpaired) electrons. The Balaban J connectivity index is 1.55. The van der Waals surface area contributed by atoms with Crippen molar-refractivity contribution >= 4 is 5.91 Å². The normalized spacial score (nSPS) is 16.2. The van der Waals surface area contributed by atoms with Gasteiger partial charge in [-0.2, -0.15) is 0 Å². The zero-order valence-corrected chi connectivity index (χ0v) is 12.3. The summed E-state index contributed by atoms with van der Waals surface area (Å²) in [7, 11) is 0. The number of ether oxygens (including phenoxy) is 2. The summed E-state index contributed by atoms with van der Waals surface area (Å²) in [6, 6.07) is 9.98. The highest BCUT2D eigenvalue weighted by Crippen LogP contribution is 2.12. The van der Waals surface area contributed by atoms with Crippen LogP contribution in [-0.4, -0.2) is 32.3 Å². The highest BCUT2D eigenvalue weighted by Gasteiger charge is 2.13. The van der Waals surface area contributed by atoms with E-state index in [-0.39, 0.29) is 5.91 Å². The van der Waals surface area contributed by atoms with Gasteiger partial charge in [0.15, 0.2) is 0 Å². The average Bonchev–Trinajstić information content (AvgIpc) is 2.54. The van der Waals surface area contributed by atoms with Crippen LogP contribution in [0.2, 0.25) is 0 Å². The van der Waals surface area contributed by atoms with Gasteiger partial charge in [-0.3, -0.25) is 4.79 Å². The van der Waals surface area contributed by atoms with E-state index >= 15 is 0 Å². The van der Waals surface area contributed by atoms with Crippen molar-refractivity contribution < 1.29 is 14.3 Å². The number of carbonyl (C=O) groups is 1. The summed E-state index contributed by atoms with van der Waals surface area (Å²) in [6.45, 7) is 3.36. The summed E-state index contributed by atoms with van der Waals surface area (Å²) in [5, 5.41) is 2.92. The lowest BCUT2D eigenvalue weighted by Gasteiger charge is -2.21. The molecule has 1 aliphatic rings. The fourth-order valence-electron chi connectivity index (χ4n) is 2.23. The van der Waals surface area contributed by atoms with E-state index < -0.39 is 0 Å². The summed E-state index contributed by atoms with van der Waals surface area (Å²) < 4.78 is 10.8. The van der Waals surface area contributed by atoms with Gasteiger partial charge in [-0.15, -0.1) is 0 Å². The van der Waals surface area contributed by atoms with E-state index in [2.05, 4.69) is 5.32 Å². The van der Waals surface area contributed by atoms with Crippen LogP contribution in [0.5, 0.6) is 0 Å². The van der Waals surface area contributed by atoms with Crippen molar-refractivity contribution in [2.75, 3.05) is 26.4 Å². The Kier molecular flexibility index (Phi) is 6.98. The number of rotatable bonds is 7.